The second kappa shape index (κ2) is 13.2. The molecule has 1 aromatic heterocycles. The van der Waals surface area contributed by atoms with E-state index in [2.05, 4.69) is 29.4 Å². The quantitative estimate of drug-likeness (QED) is 0.808. The van der Waals surface area contributed by atoms with Gasteiger partial charge in [0.25, 0.3) is 0 Å². The van der Waals surface area contributed by atoms with E-state index in [1.54, 1.807) is 11.3 Å². The van der Waals surface area contributed by atoms with Gasteiger partial charge in [0.2, 0.25) is 0 Å². The fourth-order valence-electron chi connectivity index (χ4n) is 1.02. The summed E-state index contributed by atoms with van der Waals surface area (Å²) >= 11 is 3.58. The number of thioether (sulfide) groups is 1. The maximum absolute atomic E-state index is 5.42. The normalized spacial score (nSPS) is 9.18. The van der Waals surface area contributed by atoms with Crippen molar-refractivity contribution >= 4 is 60.3 Å². The molecule has 0 unspecified atom stereocenters. The molecule has 1 aromatic rings. The molecule has 8 heteroatoms. The first-order valence-electron chi connectivity index (χ1n) is 4.58. The van der Waals surface area contributed by atoms with Crippen molar-refractivity contribution in [2.75, 3.05) is 26.4 Å². The van der Waals surface area contributed by atoms with E-state index in [0.29, 0.717) is 0 Å². The van der Waals surface area contributed by atoms with Gasteiger partial charge in [-0.2, -0.15) is 11.8 Å². The molecule has 3 nitrogen and oxygen atoms in total. The Hall–Kier alpha value is 0.770. The largest absolute Gasteiger partial charge is 0.330 e. The lowest BCUT2D eigenvalue weighted by molar-refractivity contribution is 0.401. The maximum atomic E-state index is 5.42. The fourth-order valence-corrected chi connectivity index (χ4v) is 2.70. The minimum absolute atomic E-state index is 0. The van der Waals surface area contributed by atoms with Crippen LogP contribution in [-0.4, -0.2) is 36.3 Å². The molecule has 1 rings (SSSR count). The minimum Gasteiger partial charge on any atom is -0.330 e. The number of aromatic nitrogens is 1. The highest BCUT2D eigenvalue weighted by molar-refractivity contribution is 7.98. The van der Waals surface area contributed by atoms with Gasteiger partial charge in [-0.25, -0.2) is 4.98 Å². The van der Waals surface area contributed by atoms with Gasteiger partial charge in [-0.05, 0) is 14.1 Å². The molecule has 0 bridgehead atoms. The Kier molecular flexibility index (Phi) is 17.8. The van der Waals surface area contributed by atoms with E-state index in [-0.39, 0.29) is 37.2 Å². The first-order valence-corrected chi connectivity index (χ1v) is 6.61. The lowest BCUT2D eigenvalue weighted by Crippen LogP contribution is -2.10. The summed E-state index contributed by atoms with van der Waals surface area (Å²) in [5.74, 6) is 2.00. The van der Waals surface area contributed by atoms with Gasteiger partial charge in [0, 0.05) is 30.0 Å². The van der Waals surface area contributed by atoms with Gasteiger partial charge in [-0.15, -0.1) is 48.6 Å². The fraction of sp³-hybridized carbons (Fsp3) is 0.667. The monoisotopic (exact) mass is 339 g/mol. The average Bonchev–Trinajstić information content (AvgIpc) is 2.52. The van der Waals surface area contributed by atoms with Crippen LogP contribution in [0.5, 0.6) is 0 Å². The second-order valence-corrected chi connectivity index (χ2v) is 5.36. The average molecular weight is 341 g/mol. The summed E-state index contributed by atoms with van der Waals surface area (Å²) in [5, 5.41) is 3.33. The molecule has 1 heterocycles. The summed E-state index contributed by atoms with van der Waals surface area (Å²) in [6, 6.07) is 0. The standard InChI is InChI=1S/C9H17N3S2.3ClH/c1-12(2)5-9-11-8(7-14-9)6-13-4-3-10;;;/h7H,3-6,10H2,1-2H3;3*1H. The third kappa shape index (κ3) is 10.4. The molecule has 0 aromatic carbocycles. The van der Waals surface area contributed by atoms with Gasteiger partial charge in [0.1, 0.15) is 5.01 Å². The summed E-state index contributed by atoms with van der Waals surface area (Å²) in [4.78, 5) is 6.67. The Labute approximate surface area is 130 Å². The van der Waals surface area contributed by atoms with Gasteiger partial charge >= 0.3 is 0 Å². The molecule has 0 amide bonds. The molecule has 0 aliphatic rings. The van der Waals surface area contributed by atoms with Crippen molar-refractivity contribution < 1.29 is 0 Å². The summed E-state index contributed by atoms with van der Waals surface area (Å²) in [5.41, 5.74) is 6.60. The van der Waals surface area contributed by atoms with Crippen LogP contribution in [0.4, 0.5) is 0 Å². The first-order chi connectivity index (χ1) is 6.72. The van der Waals surface area contributed by atoms with E-state index in [1.165, 1.54) is 10.7 Å². The van der Waals surface area contributed by atoms with Crippen molar-refractivity contribution in [2.24, 2.45) is 5.73 Å². The number of halogens is 3. The van der Waals surface area contributed by atoms with Crippen LogP contribution in [0.25, 0.3) is 0 Å². The van der Waals surface area contributed by atoms with Crippen LogP contribution in [-0.2, 0) is 12.3 Å². The third-order valence-electron chi connectivity index (χ3n) is 1.56. The number of thiazole rings is 1. The van der Waals surface area contributed by atoms with Gasteiger partial charge < -0.3 is 10.6 Å². The van der Waals surface area contributed by atoms with Crippen LogP contribution in [0.15, 0.2) is 5.38 Å². The molecule has 104 valence electrons. The molecule has 0 saturated heterocycles. The molecule has 0 aliphatic heterocycles. The third-order valence-corrected chi connectivity index (χ3v) is 3.47. The molecule has 0 fully saturated rings. The zero-order chi connectivity index (χ0) is 10.4. The molecule has 0 spiro atoms. The van der Waals surface area contributed by atoms with Crippen molar-refractivity contribution in [1.29, 1.82) is 0 Å². The van der Waals surface area contributed by atoms with Crippen LogP contribution in [0.1, 0.15) is 10.7 Å². The first kappa shape index (κ1) is 22.9. The summed E-state index contributed by atoms with van der Waals surface area (Å²) in [7, 11) is 4.12. The highest BCUT2D eigenvalue weighted by Gasteiger charge is 2.02. The van der Waals surface area contributed by atoms with Crippen LogP contribution in [0.3, 0.4) is 0 Å². The van der Waals surface area contributed by atoms with Gasteiger partial charge in [0.05, 0.1) is 5.69 Å². The Morgan fingerprint density at radius 1 is 1.35 bits per heavy atom. The molecule has 0 radical (unpaired) electrons. The summed E-state index contributed by atoms with van der Waals surface area (Å²) < 4.78 is 0. The highest BCUT2D eigenvalue weighted by atomic mass is 35.5. The van der Waals surface area contributed by atoms with E-state index in [9.17, 15) is 0 Å². The van der Waals surface area contributed by atoms with Crippen molar-refractivity contribution in [3.8, 4) is 0 Å². The predicted molar refractivity (Wildman–Crippen MR) is 86.5 cm³/mol. The van der Waals surface area contributed by atoms with Gasteiger partial charge in [-0.3, -0.25) is 0 Å². The number of rotatable bonds is 6. The van der Waals surface area contributed by atoms with E-state index >= 15 is 0 Å². The molecule has 0 atom stereocenters. The lowest BCUT2D eigenvalue weighted by atomic mass is 10.5. The lowest BCUT2D eigenvalue weighted by Gasteiger charge is -2.04. The highest BCUT2D eigenvalue weighted by Crippen LogP contribution is 2.16. The Morgan fingerprint density at radius 2 is 2.00 bits per heavy atom. The molecule has 0 saturated carbocycles. The summed E-state index contributed by atoms with van der Waals surface area (Å²) in [6.45, 7) is 1.69. The van der Waals surface area contributed by atoms with E-state index in [1.807, 2.05) is 11.8 Å². The van der Waals surface area contributed by atoms with E-state index < -0.39 is 0 Å². The topological polar surface area (TPSA) is 42.2 Å². The Morgan fingerprint density at radius 3 is 2.53 bits per heavy atom. The number of hydrogen-bond donors (Lipinski definition) is 1. The van der Waals surface area contributed by atoms with Gasteiger partial charge in [0.15, 0.2) is 0 Å². The minimum atomic E-state index is 0. The van der Waals surface area contributed by atoms with Crippen molar-refractivity contribution in [1.82, 2.24) is 9.88 Å². The van der Waals surface area contributed by atoms with E-state index in [0.717, 1.165) is 24.6 Å². The van der Waals surface area contributed by atoms with Crippen molar-refractivity contribution in [3.63, 3.8) is 0 Å². The predicted octanol–water partition coefficient (Wildman–Crippen LogP) is 2.66. The van der Waals surface area contributed by atoms with Gasteiger partial charge in [-0.1, -0.05) is 0 Å². The number of nitrogens with two attached hydrogens (primary N) is 1. The van der Waals surface area contributed by atoms with Crippen LogP contribution in [0, 0.1) is 0 Å². The smallest absolute Gasteiger partial charge is 0.107 e. The number of hydrogen-bond acceptors (Lipinski definition) is 5. The van der Waals surface area contributed by atoms with Crippen LogP contribution < -0.4 is 5.73 Å². The van der Waals surface area contributed by atoms with Crippen molar-refractivity contribution in [3.05, 3.63) is 16.1 Å². The Bertz CT molecular complexity index is 272. The maximum Gasteiger partial charge on any atom is 0.107 e. The number of nitrogens with zero attached hydrogens (tertiary/aromatic N) is 2. The molecule has 2 N–H and O–H groups in total. The van der Waals surface area contributed by atoms with E-state index in [4.69, 9.17) is 5.73 Å². The molecule has 17 heavy (non-hydrogen) atoms. The second-order valence-electron chi connectivity index (χ2n) is 3.31. The zero-order valence-electron chi connectivity index (χ0n) is 9.92. The van der Waals surface area contributed by atoms with Crippen molar-refractivity contribution in [2.45, 2.75) is 12.3 Å². The van der Waals surface area contributed by atoms with Crippen LogP contribution in [0.2, 0.25) is 0 Å². The molecular weight excluding hydrogens is 321 g/mol. The zero-order valence-corrected chi connectivity index (χ0v) is 14.0. The molecular formula is C9H20Cl3N3S2. The Balaban J connectivity index is -0.000000653. The van der Waals surface area contributed by atoms with Crippen LogP contribution >= 0.6 is 60.3 Å². The SMILES string of the molecule is CN(C)Cc1nc(CSCCN)cs1.Cl.Cl.Cl. The summed E-state index contributed by atoms with van der Waals surface area (Å²) in [6.07, 6.45) is 0. The molecule has 0 aliphatic carbocycles.